The molecule has 0 aliphatic heterocycles. The molecule has 4 rings (SSSR count). The van der Waals surface area contributed by atoms with Crippen LogP contribution in [0.15, 0.2) is 71.4 Å². The number of carbonyl (C=O) groups excluding carboxylic acids is 1. The van der Waals surface area contributed by atoms with Crippen molar-refractivity contribution < 1.29 is 9.32 Å². The van der Waals surface area contributed by atoms with E-state index in [0.717, 1.165) is 11.1 Å². The largest absolute Gasteiger partial charge is 0.334 e. The van der Waals surface area contributed by atoms with Crippen LogP contribution < -0.4 is 5.32 Å². The molecule has 1 N–H and O–H groups in total. The van der Waals surface area contributed by atoms with Crippen LogP contribution in [0.1, 0.15) is 5.56 Å². The molecule has 0 saturated carbocycles. The minimum atomic E-state index is -0.168. The normalized spacial score (nSPS) is 10.8. The van der Waals surface area contributed by atoms with Crippen LogP contribution >= 0.6 is 11.6 Å². The molecule has 28 heavy (non-hydrogen) atoms. The zero-order chi connectivity index (χ0) is 19.5. The molecular weight excluding hydrogens is 376 g/mol. The molecule has 1 amide bonds. The molecular formula is C21H17ClN4O2. The Morgan fingerprint density at radius 3 is 2.61 bits per heavy atom. The van der Waals surface area contributed by atoms with Gasteiger partial charge in [0.05, 0.1) is 0 Å². The lowest BCUT2D eigenvalue weighted by atomic mass is 10.1. The molecule has 2 aromatic carbocycles. The summed E-state index contributed by atoms with van der Waals surface area (Å²) >= 11 is 5.87. The summed E-state index contributed by atoms with van der Waals surface area (Å²) < 4.78 is 7.18. The number of nitrogens with one attached hydrogen (secondary N) is 1. The van der Waals surface area contributed by atoms with Crippen molar-refractivity contribution in [3.63, 3.8) is 0 Å². The summed E-state index contributed by atoms with van der Waals surface area (Å²) in [5, 5.41) is 7.51. The molecule has 140 valence electrons. The lowest BCUT2D eigenvalue weighted by Crippen LogP contribution is -2.18. The number of aryl methyl sites for hydroxylation is 1. The van der Waals surface area contributed by atoms with Gasteiger partial charge in [-0.25, -0.2) is 0 Å². The van der Waals surface area contributed by atoms with Crippen molar-refractivity contribution in [3.8, 4) is 23.0 Å². The minimum Gasteiger partial charge on any atom is -0.334 e. The van der Waals surface area contributed by atoms with E-state index in [4.69, 9.17) is 16.1 Å². The summed E-state index contributed by atoms with van der Waals surface area (Å²) in [6, 6.07) is 18.5. The first-order valence-corrected chi connectivity index (χ1v) is 9.08. The Labute approximate surface area is 166 Å². The third-order valence-corrected chi connectivity index (χ3v) is 4.48. The van der Waals surface area contributed by atoms with Crippen molar-refractivity contribution in [2.45, 2.75) is 13.5 Å². The maximum absolute atomic E-state index is 12.4. The summed E-state index contributed by atoms with van der Waals surface area (Å²) in [5.74, 6) is 0.700. The summed E-state index contributed by atoms with van der Waals surface area (Å²) in [6.45, 7) is 2.14. The average molecular weight is 393 g/mol. The van der Waals surface area contributed by atoms with E-state index in [9.17, 15) is 4.79 Å². The number of halogens is 1. The number of rotatable bonds is 5. The molecule has 0 spiro atoms. The minimum absolute atomic E-state index is 0.118. The first kappa shape index (κ1) is 18.0. The molecule has 0 aliphatic rings. The highest BCUT2D eigenvalue weighted by Crippen LogP contribution is 2.23. The Balaban J connectivity index is 1.50. The molecule has 0 atom stereocenters. The van der Waals surface area contributed by atoms with Crippen molar-refractivity contribution in [2.24, 2.45) is 0 Å². The van der Waals surface area contributed by atoms with Gasteiger partial charge >= 0.3 is 0 Å². The molecule has 0 unspecified atom stereocenters. The van der Waals surface area contributed by atoms with E-state index in [1.807, 2.05) is 43.3 Å². The van der Waals surface area contributed by atoms with E-state index < -0.39 is 0 Å². The van der Waals surface area contributed by atoms with Crippen LogP contribution in [0.4, 0.5) is 5.69 Å². The number of nitrogens with zero attached hydrogens (tertiary/aromatic N) is 3. The highest BCUT2D eigenvalue weighted by atomic mass is 35.5. The van der Waals surface area contributed by atoms with Crippen LogP contribution in [0.25, 0.3) is 23.0 Å². The second-order valence-corrected chi connectivity index (χ2v) is 6.80. The van der Waals surface area contributed by atoms with Crippen molar-refractivity contribution in [1.29, 1.82) is 0 Å². The number of benzene rings is 2. The number of hydrogen-bond acceptors (Lipinski definition) is 4. The molecule has 0 aliphatic carbocycles. The third-order valence-electron chi connectivity index (χ3n) is 4.23. The van der Waals surface area contributed by atoms with Crippen LogP contribution in [0.5, 0.6) is 0 Å². The maximum Gasteiger partial charge on any atom is 0.274 e. The second-order valence-electron chi connectivity index (χ2n) is 6.37. The summed E-state index contributed by atoms with van der Waals surface area (Å²) in [4.78, 5) is 16.8. The van der Waals surface area contributed by atoms with Crippen LogP contribution in [-0.4, -0.2) is 20.6 Å². The fourth-order valence-corrected chi connectivity index (χ4v) is 2.91. The van der Waals surface area contributed by atoms with Crippen LogP contribution in [0.3, 0.4) is 0 Å². The van der Waals surface area contributed by atoms with Gasteiger partial charge in [-0.3, -0.25) is 4.79 Å². The number of carbonyl (C=O) groups is 1. The highest BCUT2D eigenvalue weighted by molar-refractivity contribution is 6.30. The predicted octanol–water partition coefficient (Wildman–Crippen LogP) is 4.81. The van der Waals surface area contributed by atoms with Gasteiger partial charge < -0.3 is 14.4 Å². The Kier molecular flexibility index (Phi) is 4.95. The molecule has 6 nitrogen and oxygen atoms in total. The van der Waals surface area contributed by atoms with E-state index in [-0.39, 0.29) is 12.5 Å². The van der Waals surface area contributed by atoms with Crippen molar-refractivity contribution >= 4 is 23.2 Å². The Morgan fingerprint density at radius 1 is 1.11 bits per heavy atom. The van der Waals surface area contributed by atoms with Gasteiger partial charge in [0.2, 0.25) is 11.7 Å². The molecule has 0 fully saturated rings. The number of aromatic nitrogens is 3. The van der Waals surface area contributed by atoms with Gasteiger partial charge in [0, 0.05) is 22.5 Å². The molecule has 2 aromatic heterocycles. The Hall–Kier alpha value is -3.38. The fourth-order valence-electron chi connectivity index (χ4n) is 2.78. The predicted molar refractivity (Wildman–Crippen MR) is 108 cm³/mol. The van der Waals surface area contributed by atoms with Crippen LogP contribution in [-0.2, 0) is 11.3 Å². The van der Waals surface area contributed by atoms with Gasteiger partial charge in [0.25, 0.3) is 5.89 Å². The smallest absolute Gasteiger partial charge is 0.274 e. The topological polar surface area (TPSA) is 73.0 Å². The fraction of sp³-hybridized carbons (Fsp3) is 0.0952. The molecule has 2 heterocycles. The summed E-state index contributed by atoms with van der Waals surface area (Å²) in [5.41, 5.74) is 3.40. The summed E-state index contributed by atoms with van der Waals surface area (Å²) in [6.07, 6.45) is 1.80. The lowest BCUT2D eigenvalue weighted by Gasteiger charge is -2.08. The van der Waals surface area contributed by atoms with Crippen molar-refractivity contribution in [2.75, 3.05) is 5.32 Å². The maximum atomic E-state index is 12.4. The average Bonchev–Trinajstić information content (AvgIpc) is 3.33. The zero-order valence-electron chi connectivity index (χ0n) is 15.1. The van der Waals surface area contributed by atoms with Gasteiger partial charge in [-0.15, -0.1) is 0 Å². The summed E-state index contributed by atoms with van der Waals surface area (Å²) in [7, 11) is 0. The highest BCUT2D eigenvalue weighted by Gasteiger charge is 2.15. The van der Waals surface area contributed by atoms with E-state index in [0.29, 0.717) is 28.1 Å². The van der Waals surface area contributed by atoms with E-state index >= 15 is 0 Å². The van der Waals surface area contributed by atoms with Crippen LogP contribution in [0.2, 0.25) is 5.02 Å². The number of amides is 1. The van der Waals surface area contributed by atoms with Gasteiger partial charge in [-0.1, -0.05) is 46.6 Å². The molecule has 0 saturated heterocycles. The van der Waals surface area contributed by atoms with E-state index in [2.05, 4.69) is 15.5 Å². The number of hydrogen-bond donors (Lipinski definition) is 1. The quantitative estimate of drug-likeness (QED) is 0.529. The molecule has 7 heteroatoms. The second kappa shape index (κ2) is 7.70. The number of anilines is 1. The Morgan fingerprint density at radius 2 is 1.86 bits per heavy atom. The van der Waals surface area contributed by atoms with Crippen molar-refractivity contribution in [1.82, 2.24) is 14.7 Å². The molecule has 0 bridgehead atoms. The third kappa shape index (κ3) is 3.97. The van der Waals surface area contributed by atoms with E-state index in [1.54, 1.807) is 35.0 Å². The molecule has 4 aromatic rings. The van der Waals surface area contributed by atoms with Gasteiger partial charge in [0.1, 0.15) is 12.2 Å². The van der Waals surface area contributed by atoms with Gasteiger partial charge in [-0.2, -0.15) is 4.98 Å². The standard InChI is InChI=1S/C21H17ClN4O2/c1-14-4-6-15(7-5-14)20-24-21(28-25-20)18-3-2-12-26(18)13-19(27)23-17-10-8-16(22)9-11-17/h2-12H,13H2,1H3,(H,23,27). The zero-order valence-corrected chi connectivity index (χ0v) is 15.8. The van der Waals surface area contributed by atoms with E-state index in [1.165, 1.54) is 0 Å². The van der Waals surface area contributed by atoms with Gasteiger partial charge in [-0.05, 0) is 43.3 Å². The first-order chi connectivity index (χ1) is 13.6. The lowest BCUT2D eigenvalue weighted by molar-refractivity contribution is -0.116. The SMILES string of the molecule is Cc1ccc(-c2noc(-c3cccn3CC(=O)Nc3ccc(Cl)cc3)n2)cc1. The first-order valence-electron chi connectivity index (χ1n) is 8.70. The Bertz CT molecular complexity index is 1100. The van der Waals surface area contributed by atoms with Crippen molar-refractivity contribution in [3.05, 3.63) is 77.4 Å². The molecule has 0 radical (unpaired) electrons. The monoisotopic (exact) mass is 392 g/mol. The van der Waals surface area contributed by atoms with Gasteiger partial charge in [0.15, 0.2) is 0 Å². The van der Waals surface area contributed by atoms with Crippen LogP contribution in [0, 0.1) is 6.92 Å².